The van der Waals surface area contributed by atoms with Crippen LogP contribution in [0, 0.1) is 12.7 Å². The molecule has 0 aliphatic carbocycles. The number of carbonyl (C=O) groups is 1. The number of para-hydroxylation sites is 1. The van der Waals surface area contributed by atoms with Crippen LogP contribution in [0.4, 0.5) is 21.8 Å². The summed E-state index contributed by atoms with van der Waals surface area (Å²) >= 11 is 6.18. The van der Waals surface area contributed by atoms with Crippen LogP contribution in [0.5, 0.6) is 0 Å². The van der Waals surface area contributed by atoms with Gasteiger partial charge in [-0.15, -0.1) is 5.11 Å². The van der Waals surface area contributed by atoms with Crippen LogP contribution in [0.1, 0.15) is 21.7 Å². The average molecular weight is 470 g/mol. The third-order valence-corrected chi connectivity index (χ3v) is 5.23. The van der Waals surface area contributed by atoms with E-state index < -0.39 is 5.82 Å². The number of hydrogen-bond donors (Lipinski definition) is 1. The molecule has 11 heteroatoms. The Labute approximate surface area is 194 Å². The summed E-state index contributed by atoms with van der Waals surface area (Å²) in [6.07, 6.45) is 1.08. The van der Waals surface area contributed by atoms with Crippen molar-refractivity contribution in [3.8, 4) is 0 Å². The van der Waals surface area contributed by atoms with Gasteiger partial charge in [-0.25, -0.2) is 14.4 Å². The summed E-state index contributed by atoms with van der Waals surface area (Å²) in [6, 6.07) is 10.4. The number of azo groups is 1. The Balaban J connectivity index is 1.43. The smallest absolute Gasteiger partial charge is 0.274 e. The van der Waals surface area contributed by atoms with E-state index in [-0.39, 0.29) is 29.9 Å². The summed E-state index contributed by atoms with van der Waals surface area (Å²) in [5.41, 5.74) is 2.13. The highest BCUT2D eigenvalue weighted by atomic mass is 35.5. The first-order valence-electron chi connectivity index (χ1n) is 10.3. The minimum Gasteiger partial charge on any atom is -0.378 e. The molecule has 0 atom stereocenters. The van der Waals surface area contributed by atoms with Crippen LogP contribution < -0.4 is 10.2 Å². The first-order chi connectivity index (χ1) is 16.0. The Bertz CT molecular complexity index is 1160. The molecule has 1 N–H and O–H groups in total. The second-order valence-electron chi connectivity index (χ2n) is 7.24. The minimum absolute atomic E-state index is 0.0426. The normalized spacial score (nSPS) is 14.0. The van der Waals surface area contributed by atoms with Crippen molar-refractivity contribution in [2.24, 2.45) is 10.2 Å². The summed E-state index contributed by atoms with van der Waals surface area (Å²) in [7, 11) is 0. The molecule has 0 spiro atoms. The van der Waals surface area contributed by atoms with Crippen molar-refractivity contribution in [1.82, 2.24) is 15.0 Å². The molecule has 3 aromatic rings. The fraction of sp³-hybridized carbons (Fsp3) is 0.273. The highest BCUT2D eigenvalue weighted by molar-refractivity contribution is 6.34. The Kier molecular flexibility index (Phi) is 7.16. The van der Waals surface area contributed by atoms with E-state index in [4.69, 9.17) is 16.3 Å². The van der Waals surface area contributed by atoms with Crippen molar-refractivity contribution in [2.45, 2.75) is 13.5 Å². The second kappa shape index (κ2) is 10.4. The van der Waals surface area contributed by atoms with Crippen LogP contribution in [-0.4, -0.2) is 47.2 Å². The Morgan fingerprint density at radius 3 is 2.79 bits per heavy atom. The van der Waals surface area contributed by atoms with Gasteiger partial charge in [0.2, 0.25) is 0 Å². The number of ether oxygens (including phenoxy) is 1. The topological polar surface area (TPSA) is 105 Å². The highest BCUT2D eigenvalue weighted by Gasteiger charge is 2.18. The number of rotatable bonds is 6. The van der Waals surface area contributed by atoms with Crippen LogP contribution in [0.3, 0.4) is 0 Å². The monoisotopic (exact) mass is 469 g/mol. The van der Waals surface area contributed by atoms with Crippen molar-refractivity contribution in [1.29, 1.82) is 0 Å². The molecule has 1 saturated heterocycles. The highest BCUT2D eigenvalue weighted by Crippen LogP contribution is 2.25. The van der Waals surface area contributed by atoms with E-state index in [1.165, 1.54) is 0 Å². The maximum atomic E-state index is 14.1. The van der Waals surface area contributed by atoms with Crippen molar-refractivity contribution >= 4 is 35.0 Å². The molecule has 0 unspecified atom stereocenters. The number of benzene rings is 1. The quantitative estimate of drug-likeness (QED) is 0.538. The number of morpholine rings is 1. The minimum atomic E-state index is -0.523. The molecule has 1 aromatic carbocycles. The number of halogens is 2. The fourth-order valence-corrected chi connectivity index (χ4v) is 3.50. The molecule has 0 saturated carbocycles. The van der Waals surface area contributed by atoms with Crippen molar-refractivity contribution in [2.75, 3.05) is 36.5 Å². The largest absolute Gasteiger partial charge is 0.378 e. The Morgan fingerprint density at radius 2 is 2.00 bits per heavy atom. The molecule has 1 amide bonds. The maximum absolute atomic E-state index is 14.1. The van der Waals surface area contributed by atoms with E-state index in [0.29, 0.717) is 42.7 Å². The maximum Gasteiger partial charge on any atom is 0.274 e. The van der Waals surface area contributed by atoms with Gasteiger partial charge >= 0.3 is 0 Å². The van der Waals surface area contributed by atoms with Gasteiger partial charge in [0, 0.05) is 13.1 Å². The van der Waals surface area contributed by atoms with Crippen LogP contribution in [-0.2, 0) is 11.3 Å². The second-order valence-corrected chi connectivity index (χ2v) is 7.65. The molecule has 3 heterocycles. The molecule has 33 heavy (non-hydrogen) atoms. The predicted molar refractivity (Wildman–Crippen MR) is 122 cm³/mol. The van der Waals surface area contributed by atoms with Gasteiger partial charge in [-0.1, -0.05) is 29.8 Å². The zero-order valence-corrected chi connectivity index (χ0v) is 18.6. The van der Waals surface area contributed by atoms with E-state index in [2.05, 4.69) is 30.5 Å². The van der Waals surface area contributed by atoms with Crippen molar-refractivity contribution in [3.63, 3.8) is 0 Å². The lowest BCUT2D eigenvalue weighted by Gasteiger charge is -2.27. The van der Waals surface area contributed by atoms with E-state index >= 15 is 0 Å². The number of aryl methyl sites for hydroxylation is 1. The molecule has 0 radical (unpaired) electrons. The van der Waals surface area contributed by atoms with Gasteiger partial charge in [-0.3, -0.25) is 4.79 Å². The molecule has 1 aliphatic heterocycles. The molecule has 4 rings (SSSR count). The number of aromatic nitrogens is 3. The lowest BCUT2D eigenvalue weighted by molar-refractivity contribution is 0.102. The Hall–Kier alpha value is -3.50. The zero-order chi connectivity index (χ0) is 23.2. The lowest BCUT2D eigenvalue weighted by atomic mass is 10.2. The summed E-state index contributed by atoms with van der Waals surface area (Å²) in [5.74, 6) is -0.693. The van der Waals surface area contributed by atoms with Gasteiger partial charge in [0.25, 0.3) is 11.9 Å². The first-order valence-corrected chi connectivity index (χ1v) is 10.6. The van der Waals surface area contributed by atoms with Gasteiger partial charge in [0.15, 0.2) is 11.6 Å². The van der Waals surface area contributed by atoms with E-state index in [0.717, 1.165) is 11.8 Å². The molecule has 0 bridgehead atoms. The van der Waals surface area contributed by atoms with Gasteiger partial charge < -0.3 is 15.0 Å². The number of amides is 1. The zero-order valence-electron chi connectivity index (χ0n) is 17.8. The molecule has 9 nitrogen and oxygen atoms in total. The molecular formula is C22H21ClFN7O2. The number of nitrogens with zero attached hydrogens (tertiary/aromatic N) is 6. The van der Waals surface area contributed by atoms with Crippen LogP contribution in [0.25, 0.3) is 0 Å². The number of nitrogens with one attached hydrogen (secondary N) is 1. The number of carbonyl (C=O) groups excluding carboxylic acids is 1. The van der Waals surface area contributed by atoms with E-state index in [1.807, 2.05) is 19.1 Å². The van der Waals surface area contributed by atoms with E-state index in [9.17, 15) is 9.18 Å². The average Bonchev–Trinajstić information content (AvgIpc) is 2.83. The standard InChI is InChI=1S/C22H21ClFN7O2/c1-14-4-2-6-16(23)19(14)28-21(32)18-7-3-5-15(27-18)12-26-30-22-25-13-17(24)20(29-22)31-8-10-33-11-9-31/h2-7,13H,8-12H2,1H3,(H,28,32). The lowest BCUT2D eigenvalue weighted by Crippen LogP contribution is -2.37. The van der Waals surface area contributed by atoms with Gasteiger partial charge in [-0.05, 0) is 30.7 Å². The van der Waals surface area contributed by atoms with E-state index in [1.54, 1.807) is 29.2 Å². The van der Waals surface area contributed by atoms with Crippen LogP contribution in [0.2, 0.25) is 5.02 Å². The summed E-state index contributed by atoms with van der Waals surface area (Å²) in [6.45, 7) is 4.04. The van der Waals surface area contributed by atoms with Gasteiger partial charge in [0.1, 0.15) is 12.2 Å². The van der Waals surface area contributed by atoms with Crippen molar-refractivity contribution < 1.29 is 13.9 Å². The summed E-state index contributed by atoms with van der Waals surface area (Å²) in [5, 5.41) is 11.3. The fourth-order valence-electron chi connectivity index (χ4n) is 3.23. The van der Waals surface area contributed by atoms with Crippen LogP contribution >= 0.6 is 11.6 Å². The molecule has 2 aromatic heterocycles. The van der Waals surface area contributed by atoms with Gasteiger partial charge in [-0.2, -0.15) is 10.1 Å². The molecule has 170 valence electrons. The van der Waals surface area contributed by atoms with Crippen LogP contribution in [0.15, 0.2) is 52.8 Å². The third-order valence-electron chi connectivity index (χ3n) is 4.92. The van der Waals surface area contributed by atoms with Crippen molar-refractivity contribution in [3.05, 3.63) is 70.4 Å². The molecular weight excluding hydrogens is 449 g/mol. The summed E-state index contributed by atoms with van der Waals surface area (Å²) in [4.78, 5) is 26.8. The SMILES string of the molecule is Cc1cccc(Cl)c1NC(=O)c1cccc(CN=Nc2ncc(F)c(N3CCOCC3)n2)n1. The molecule has 1 aliphatic rings. The first kappa shape index (κ1) is 22.7. The number of pyridine rings is 1. The predicted octanol–water partition coefficient (Wildman–Crippen LogP) is 4.35. The summed E-state index contributed by atoms with van der Waals surface area (Å²) < 4.78 is 19.4. The number of anilines is 2. The third kappa shape index (κ3) is 5.65. The van der Waals surface area contributed by atoms with Gasteiger partial charge in [0.05, 0.1) is 35.8 Å². The Morgan fingerprint density at radius 1 is 1.21 bits per heavy atom. The molecule has 1 fully saturated rings. The number of hydrogen-bond acceptors (Lipinski definition) is 8.